The number of ether oxygens (including phenoxy) is 1. The molecular weight excluding hydrogens is 695 g/mol. The number of unbranched alkanes of at least 4 members (excludes halogenated alkanes) is 19. The molecule has 0 fully saturated rings. The van der Waals surface area contributed by atoms with E-state index in [1.165, 1.54) is 96.3 Å². The number of rotatable bonds is 41. The van der Waals surface area contributed by atoms with Gasteiger partial charge in [-0.2, -0.15) is 0 Å². The Kier molecular flexibility index (Phi) is 41.8. The second kappa shape index (κ2) is 43.7. The van der Waals surface area contributed by atoms with Gasteiger partial charge < -0.3 is 20.3 Å². The number of carbonyl (C=O) groups excluding carboxylic acids is 2. The Hall–Kier alpha value is -2.44. The van der Waals surface area contributed by atoms with E-state index in [2.05, 4.69) is 80.8 Å². The first kappa shape index (κ1) is 53.6. The van der Waals surface area contributed by atoms with Crippen molar-refractivity contribution >= 4 is 11.9 Å². The molecule has 0 aliphatic heterocycles. The van der Waals surface area contributed by atoms with E-state index in [4.69, 9.17) is 4.74 Å². The Morgan fingerprint density at radius 3 is 1.48 bits per heavy atom. The van der Waals surface area contributed by atoms with Crippen LogP contribution in [-0.2, 0) is 14.3 Å². The van der Waals surface area contributed by atoms with Gasteiger partial charge in [0.1, 0.15) is 6.10 Å². The van der Waals surface area contributed by atoms with E-state index in [9.17, 15) is 19.8 Å². The molecule has 0 radical (unpaired) electrons. The molecule has 0 spiro atoms. The van der Waals surface area contributed by atoms with Crippen LogP contribution in [0.25, 0.3) is 0 Å². The fraction of sp³-hybridized carbons (Fsp3) is 0.760. The number of amides is 1. The molecule has 3 N–H and O–H groups in total. The first-order chi connectivity index (χ1) is 27.5. The number of nitrogens with one attached hydrogen (secondary N) is 1. The van der Waals surface area contributed by atoms with Crippen LogP contribution in [0, 0.1) is 0 Å². The number of hydrogen-bond acceptors (Lipinski definition) is 5. The Labute approximate surface area is 346 Å². The molecule has 0 aromatic carbocycles. The second-order valence-electron chi connectivity index (χ2n) is 15.8. The van der Waals surface area contributed by atoms with Gasteiger partial charge in [-0.05, 0) is 77.0 Å². The summed E-state index contributed by atoms with van der Waals surface area (Å²) in [5, 5.41) is 23.6. The van der Waals surface area contributed by atoms with Crippen LogP contribution < -0.4 is 5.32 Å². The van der Waals surface area contributed by atoms with Gasteiger partial charge >= 0.3 is 5.97 Å². The maximum Gasteiger partial charge on any atom is 0.306 e. The highest BCUT2D eigenvalue weighted by Crippen LogP contribution is 2.16. The lowest BCUT2D eigenvalue weighted by Crippen LogP contribution is -2.46. The van der Waals surface area contributed by atoms with E-state index < -0.39 is 18.2 Å². The number of aliphatic hydroxyl groups excluding tert-OH is 2. The van der Waals surface area contributed by atoms with Crippen molar-refractivity contribution in [2.24, 2.45) is 0 Å². The van der Waals surface area contributed by atoms with Crippen molar-refractivity contribution in [3.8, 4) is 0 Å². The van der Waals surface area contributed by atoms with Gasteiger partial charge in [0.15, 0.2) is 0 Å². The molecule has 6 nitrogen and oxygen atoms in total. The minimum Gasteiger partial charge on any atom is -0.462 e. The van der Waals surface area contributed by atoms with Crippen molar-refractivity contribution in [3.05, 3.63) is 60.8 Å². The molecule has 6 heteroatoms. The molecule has 0 aromatic rings. The molecule has 3 atom stereocenters. The maximum absolute atomic E-state index is 13.1. The number of hydrogen-bond donors (Lipinski definition) is 3. The van der Waals surface area contributed by atoms with Crippen molar-refractivity contribution in [2.75, 3.05) is 6.61 Å². The minimum atomic E-state index is -0.806. The molecule has 0 heterocycles. The van der Waals surface area contributed by atoms with Crippen LogP contribution in [0.4, 0.5) is 0 Å². The highest BCUT2D eigenvalue weighted by atomic mass is 16.5. The summed E-state index contributed by atoms with van der Waals surface area (Å²) in [5.41, 5.74) is 0. The standard InChI is InChI=1S/C50H89NO5/c1-4-7-10-13-16-19-22-25-28-31-34-37-40-43-50(55)56-46(41-38-35-32-29-26-23-20-17-14-11-8-5-2)44-49(54)51-47(45-52)48(53)42-39-36-33-30-27-24-21-18-15-12-9-6-3/h8,11,17,20,25-26,28-29,34,37,46-48,52-53H,4-7,9-10,12-16,18-19,21-24,27,30-33,35-36,38-45H2,1-3H3,(H,51,54)/b11-8+,20-17+,28-25-,29-26+,37-34+. The third-order valence-corrected chi connectivity index (χ3v) is 10.3. The molecule has 56 heavy (non-hydrogen) atoms. The molecule has 1 amide bonds. The van der Waals surface area contributed by atoms with E-state index in [0.717, 1.165) is 70.6 Å². The third kappa shape index (κ3) is 38.4. The highest BCUT2D eigenvalue weighted by Gasteiger charge is 2.23. The number of carbonyl (C=O) groups is 2. The number of allylic oxidation sites excluding steroid dienone is 10. The average Bonchev–Trinajstić information content (AvgIpc) is 3.19. The summed E-state index contributed by atoms with van der Waals surface area (Å²) < 4.78 is 5.85. The zero-order valence-electron chi connectivity index (χ0n) is 36.8. The van der Waals surface area contributed by atoms with Gasteiger partial charge in [0.25, 0.3) is 0 Å². The molecule has 0 saturated heterocycles. The average molecular weight is 784 g/mol. The lowest BCUT2D eigenvalue weighted by atomic mass is 10.0. The fourth-order valence-electron chi connectivity index (χ4n) is 6.79. The van der Waals surface area contributed by atoms with E-state index in [-0.39, 0.29) is 31.3 Å². The number of aliphatic hydroxyl groups is 2. The first-order valence-corrected chi connectivity index (χ1v) is 23.5. The molecule has 0 aliphatic rings. The summed E-state index contributed by atoms with van der Waals surface area (Å²) in [4.78, 5) is 26.0. The summed E-state index contributed by atoms with van der Waals surface area (Å²) in [6.07, 6.45) is 52.9. The molecule has 324 valence electrons. The van der Waals surface area contributed by atoms with E-state index in [0.29, 0.717) is 19.3 Å². The SMILES string of the molecule is CC/C=C/C/C=C/C/C=C/CCCCC(CC(=O)NC(CO)C(O)CCCCCCCCCCCCCC)OC(=O)CC/C=C/C/C=C\CCCCCCCC. The lowest BCUT2D eigenvalue weighted by Gasteiger charge is -2.24. The molecule has 0 aromatic heterocycles. The Bertz CT molecular complexity index is 1010. The van der Waals surface area contributed by atoms with Gasteiger partial charge in [0.2, 0.25) is 5.91 Å². The molecule has 0 rings (SSSR count). The number of esters is 1. The first-order valence-electron chi connectivity index (χ1n) is 23.5. The van der Waals surface area contributed by atoms with Crippen molar-refractivity contribution in [1.29, 1.82) is 0 Å². The summed E-state index contributed by atoms with van der Waals surface area (Å²) in [5.74, 6) is -0.596. The predicted octanol–water partition coefficient (Wildman–Crippen LogP) is 13.7. The van der Waals surface area contributed by atoms with Crippen LogP contribution in [0.15, 0.2) is 60.8 Å². The maximum atomic E-state index is 13.1. The highest BCUT2D eigenvalue weighted by molar-refractivity contribution is 5.77. The van der Waals surface area contributed by atoms with Crippen LogP contribution >= 0.6 is 0 Å². The smallest absolute Gasteiger partial charge is 0.306 e. The van der Waals surface area contributed by atoms with Crippen molar-refractivity contribution in [3.63, 3.8) is 0 Å². The minimum absolute atomic E-state index is 0.0277. The summed E-state index contributed by atoms with van der Waals surface area (Å²) in [6, 6.07) is -0.724. The normalized spacial score (nSPS) is 13.9. The van der Waals surface area contributed by atoms with Gasteiger partial charge in [-0.15, -0.1) is 0 Å². The van der Waals surface area contributed by atoms with Gasteiger partial charge in [0.05, 0.1) is 25.2 Å². The van der Waals surface area contributed by atoms with E-state index in [1.54, 1.807) is 0 Å². The van der Waals surface area contributed by atoms with Crippen molar-refractivity contribution in [1.82, 2.24) is 5.32 Å². The fourth-order valence-corrected chi connectivity index (χ4v) is 6.79. The monoisotopic (exact) mass is 784 g/mol. The zero-order valence-corrected chi connectivity index (χ0v) is 36.8. The van der Waals surface area contributed by atoms with Crippen molar-refractivity contribution < 1.29 is 24.5 Å². The van der Waals surface area contributed by atoms with Crippen LogP contribution in [0.3, 0.4) is 0 Å². The Morgan fingerprint density at radius 1 is 0.536 bits per heavy atom. The van der Waals surface area contributed by atoms with Gasteiger partial charge in [-0.1, -0.05) is 191 Å². The molecule has 3 unspecified atom stereocenters. The summed E-state index contributed by atoms with van der Waals surface area (Å²) in [7, 11) is 0. The summed E-state index contributed by atoms with van der Waals surface area (Å²) in [6.45, 7) is 6.32. The Morgan fingerprint density at radius 2 is 0.964 bits per heavy atom. The predicted molar refractivity (Wildman–Crippen MR) is 241 cm³/mol. The molecule has 0 bridgehead atoms. The van der Waals surface area contributed by atoms with Crippen LogP contribution in [0.1, 0.15) is 220 Å². The van der Waals surface area contributed by atoms with Gasteiger partial charge in [0, 0.05) is 6.42 Å². The van der Waals surface area contributed by atoms with Crippen LogP contribution in [-0.4, -0.2) is 46.9 Å². The largest absolute Gasteiger partial charge is 0.462 e. The topological polar surface area (TPSA) is 95.9 Å². The summed E-state index contributed by atoms with van der Waals surface area (Å²) >= 11 is 0. The quantitative estimate of drug-likeness (QED) is 0.0326. The van der Waals surface area contributed by atoms with E-state index in [1.807, 2.05) is 6.08 Å². The van der Waals surface area contributed by atoms with Gasteiger partial charge in [-0.3, -0.25) is 9.59 Å². The zero-order chi connectivity index (χ0) is 41.0. The third-order valence-electron chi connectivity index (χ3n) is 10.3. The van der Waals surface area contributed by atoms with Crippen molar-refractivity contribution in [2.45, 2.75) is 238 Å². The molecule has 0 saturated carbocycles. The molecular formula is C50H89NO5. The van der Waals surface area contributed by atoms with Crippen LogP contribution in [0.5, 0.6) is 0 Å². The van der Waals surface area contributed by atoms with Crippen LogP contribution in [0.2, 0.25) is 0 Å². The van der Waals surface area contributed by atoms with E-state index >= 15 is 0 Å². The lowest BCUT2D eigenvalue weighted by molar-refractivity contribution is -0.150. The Balaban J connectivity index is 4.71. The van der Waals surface area contributed by atoms with Gasteiger partial charge in [-0.25, -0.2) is 0 Å². The second-order valence-corrected chi connectivity index (χ2v) is 15.8. The molecule has 0 aliphatic carbocycles.